The smallest absolute Gasteiger partial charge is 0.304 e. The molecule has 0 saturated carbocycles. The average Bonchev–Trinajstić information content (AvgIpc) is 2.47. The Bertz CT molecular complexity index is 303. The molecule has 1 atom stereocenters. The van der Waals surface area contributed by atoms with Crippen LogP contribution in [0.5, 0.6) is 0 Å². The third kappa shape index (κ3) is 5.04. The number of carboxylic acids is 1. The highest BCUT2D eigenvalue weighted by molar-refractivity contribution is 5.66. The van der Waals surface area contributed by atoms with Gasteiger partial charge in [-0.2, -0.15) is 0 Å². The molecule has 5 heteroatoms. The minimum atomic E-state index is -0.686. The SMILES string of the molecule is CCN1CCCC(CN2CCN(CCC(=O)O)CC2)C1. The van der Waals surface area contributed by atoms with Gasteiger partial charge in [0.05, 0.1) is 6.42 Å². The van der Waals surface area contributed by atoms with Crippen LogP contribution in [0.4, 0.5) is 0 Å². The van der Waals surface area contributed by atoms with Gasteiger partial charge in [0.25, 0.3) is 0 Å². The Hall–Kier alpha value is -0.650. The van der Waals surface area contributed by atoms with Crippen molar-refractivity contribution in [2.75, 3.05) is 58.9 Å². The maximum atomic E-state index is 10.6. The molecule has 2 fully saturated rings. The Labute approximate surface area is 122 Å². The quantitative estimate of drug-likeness (QED) is 0.782. The molecular weight excluding hydrogens is 254 g/mol. The third-order valence-electron chi connectivity index (χ3n) is 4.67. The van der Waals surface area contributed by atoms with Crippen LogP contribution < -0.4 is 0 Å². The second-order valence-corrected chi connectivity index (χ2v) is 6.19. The fourth-order valence-corrected chi connectivity index (χ4v) is 3.40. The van der Waals surface area contributed by atoms with Crippen LogP contribution in [0.3, 0.4) is 0 Å². The van der Waals surface area contributed by atoms with Gasteiger partial charge in [0.1, 0.15) is 0 Å². The normalized spacial score (nSPS) is 26.8. The number of aliphatic carboxylic acids is 1. The van der Waals surface area contributed by atoms with Crippen LogP contribution in [0, 0.1) is 5.92 Å². The summed E-state index contributed by atoms with van der Waals surface area (Å²) in [5.41, 5.74) is 0. The van der Waals surface area contributed by atoms with Crippen LogP contribution in [-0.2, 0) is 4.79 Å². The van der Waals surface area contributed by atoms with Gasteiger partial charge in [-0.25, -0.2) is 0 Å². The van der Waals surface area contributed by atoms with Crippen LogP contribution >= 0.6 is 0 Å². The first kappa shape index (κ1) is 15.7. The molecule has 0 radical (unpaired) electrons. The van der Waals surface area contributed by atoms with E-state index in [2.05, 4.69) is 21.6 Å². The van der Waals surface area contributed by atoms with E-state index in [1.807, 2.05) is 0 Å². The molecule has 0 aliphatic carbocycles. The van der Waals surface area contributed by atoms with E-state index in [0.717, 1.165) is 32.1 Å². The number of nitrogens with zero attached hydrogens (tertiary/aromatic N) is 3. The second-order valence-electron chi connectivity index (χ2n) is 6.19. The zero-order chi connectivity index (χ0) is 14.4. The van der Waals surface area contributed by atoms with E-state index >= 15 is 0 Å². The molecule has 2 aliphatic rings. The van der Waals surface area contributed by atoms with E-state index in [1.54, 1.807) is 0 Å². The van der Waals surface area contributed by atoms with Crippen LogP contribution in [0.15, 0.2) is 0 Å². The summed E-state index contributed by atoms with van der Waals surface area (Å²) >= 11 is 0. The molecule has 116 valence electrons. The molecular formula is C15H29N3O2. The van der Waals surface area contributed by atoms with Crippen molar-refractivity contribution < 1.29 is 9.90 Å². The summed E-state index contributed by atoms with van der Waals surface area (Å²) in [7, 11) is 0. The number of hydrogen-bond acceptors (Lipinski definition) is 4. The largest absolute Gasteiger partial charge is 0.481 e. The van der Waals surface area contributed by atoms with Crippen molar-refractivity contribution in [1.82, 2.24) is 14.7 Å². The Kier molecular flexibility index (Phi) is 6.26. The average molecular weight is 283 g/mol. The highest BCUT2D eigenvalue weighted by Gasteiger charge is 2.23. The van der Waals surface area contributed by atoms with E-state index in [-0.39, 0.29) is 6.42 Å². The first-order chi connectivity index (χ1) is 9.67. The van der Waals surface area contributed by atoms with Crippen LogP contribution in [-0.4, -0.2) is 84.7 Å². The Balaban J connectivity index is 1.65. The topological polar surface area (TPSA) is 47.0 Å². The first-order valence-corrected chi connectivity index (χ1v) is 8.06. The summed E-state index contributed by atoms with van der Waals surface area (Å²) in [4.78, 5) is 18.0. The third-order valence-corrected chi connectivity index (χ3v) is 4.67. The van der Waals surface area contributed by atoms with E-state index < -0.39 is 5.97 Å². The number of carboxylic acid groups (broad SMARTS) is 1. The monoisotopic (exact) mass is 283 g/mol. The summed E-state index contributed by atoms with van der Waals surface area (Å²) in [6.07, 6.45) is 2.99. The molecule has 0 aromatic carbocycles. The summed E-state index contributed by atoms with van der Waals surface area (Å²) in [5, 5.41) is 8.72. The molecule has 1 unspecified atom stereocenters. The predicted octanol–water partition coefficient (Wildman–Crippen LogP) is 0.811. The van der Waals surface area contributed by atoms with Gasteiger partial charge in [0, 0.05) is 45.8 Å². The van der Waals surface area contributed by atoms with Crippen molar-refractivity contribution in [3.63, 3.8) is 0 Å². The van der Waals surface area contributed by atoms with Crippen molar-refractivity contribution in [3.05, 3.63) is 0 Å². The van der Waals surface area contributed by atoms with Crippen LogP contribution in [0.2, 0.25) is 0 Å². The molecule has 2 saturated heterocycles. The lowest BCUT2D eigenvalue weighted by Gasteiger charge is -2.39. The van der Waals surface area contributed by atoms with Gasteiger partial charge in [-0.05, 0) is 31.8 Å². The molecule has 0 amide bonds. The van der Waals surface area contributed by atoms with Crippen molar-refractivity contribution in [2.24, 2.45) is 5.92 Å². The van der Waals surface area contributed by atoms with E-state index in [9.17, 15) is 4.79 Å². The van der Waals surface area contributed by atoms with E-state index in [4.69, 9.17) is 5.11 Å². The Morgan fingerprint density at radius 2 is 1.80 bits per heavy atom. The van der Waals surface area contributed by atoms with Gasteiger partial charge in [-0.15, -0.1) is 0 Å². The number of piperidine rings is 1. The van der Waals surface area contributed by atoms with Gasteiger partial charge < -0.3 is 19.8 Å². The minimum Gasteiger partial charge on any atom is -0.481 e. The molecule has 0 aromatic heterocycles. The van der Waals surface area contributed by atoms with Crippen molar-refractivity contribution in [2.45, 2.75) is 26.2 Å². The van der Waals surface area contributed by atoms with Gasteiger partial charge in [0.15, 0.2) is 0 Å². The fraction of sp³-hybridized carbons (Fsp3) is 0.933. The first-order valence-electron chi connectivity index (χ1n) is 8.06. The standard InChI is InChI=1S/C15H29N3O2/c1-2-16-6-3-4-14(12-16)13-18-10-8-17(9-11-18)7-5-15(19)20/h14H,2-13H2,1H3,(H,19,20). The lowest BCUT2D eigenvalue weighted by molar-refractivity contribution is -0.137. The number of rotatable bonds is 6. The molecule has 0 bridgehead atoms. The molecule has 2 heterocycles. The van der Waals surface area contributed by atoms with Gasteiger partial charge >= 0.3 is 5.97 Å². The lowest BCUT2D eigenvalue weighted by atomic mass is 9.97. The number of carbonyl (C=O) groups is 1. The zero-order valence-electron chi connectivity index (χ0n) is 12.8. The van der Waals surface area contributed by atoms with Gasteiger partial charge in [0.2, 0.25) is 0 Å². The van der Waals surface area contributed by atoms with E-state index in [0.29, 0.717) is 6.54 Å². The lowest BCUT2D eigenvalue weighted by Crippen LogP contribution is -2.49. The van der Waals surface area contributed by atoms with Gasteiger partial charge in [-0.1, -0.05) is 6.92 Å². The van der Waals surface area contributed by atoms with E-state index in [1.165, 1.54) is 39.0 Å². The molecule has 20 heavy (non-hydrogen) atoms. The van der Waals surface area contributed by atoms with Crippen molar-refractivity contribution >= 4 is 5.97 Å². The highest BCUT2D eigenvalue weighted by Crippen LogP contribution is 2.18. The van der Waals surface area contributed by atoms with Crippen molar-refractivity contribution in [1.29, 1.82) is 0 Å². The fourth-order valence-electron chi connectivity index (χ4n) is 3.40. The van der Waals surface area contributed by atoms with Gasteiger partial charge in [-0.3, -0.25) is 4.79 Å². The second kappa shape index (κ2) is 7.96. The van der Waals surface area contributed by atoms with Crippen molar-refractivity contribution in [3.8, 4) is 0 Å². The molecule has 1 N–H and O–H groups in total. The summed E-state index contributed by atoms with van der Waals surface area (Å²) < 4.78 is 0. The summed E-state index contributed by atoms with van der Waals surface area (Å²) in [6.45, 7) is 12.1. The maximum absolute atomic E-state index is 10.6. The highest BCUT2D eigenvalue weighted by atomic mass is 16.4. The number of hydrogen-bond donors (Lipinski definition) is 1. The molecule has 5 nitrogen and oxygen atoms in total. The molecule has 2 rings (SSSR count). The summed E-state index contributed by atoms with van der Waals surface area (Å²) in [5.74, 6) is 0.142. The Morgan fingerprint density at radius 1 is 1.10 bits per heavy atom. The molecule has 0 spiro atoms. The zero-order valence-corrected chi connectivity index (χ0v) is 12.8. The Morgan fingerprint density at radius 3 is 2.45 bits per heavy atom. The van der Waals surface area contributed by atoms with Crippen LogP contribution in [0.25, 0.3) is 0 Å². The molecule has 2 aliphatic heterocycles. The number of piperazine rings is 1. The molecule has 0 aromatic rings. The minimum absolute atomic E-state index is 0.272. The number of likely N-dealkylation sites (tertiary alicyclic amines) is 1. The summed E-state index contributed by atoms with van der Waals surface area (Å²) in [6, 6.07) is 0. The maximum Gasteiger partial charge on any atom is 0.304 e. The predicted molar refractivity (Wildman–Crippen MR) is 80.0 cm³/mol. The van der Waals surface area contributed by atoms with Crippen LogP contribution in [0.1, 0.15) is 26.2 Å².